The molecule has 1 fully saturated rings. The molecule has 1 aliphatic heterocycles. The molecule has 0 bridgehead atoms. The monoisotopic (exact) mass is 316 g/mol. The van der Waals surface area contributed by atoms with Crippen molar-refractivity contribution in [3.63, 3.8) is 0 Å². The van der Waals surface area contributed by atoms with Crippen LogP contribution in [0.3, 0.4) is 0 Å². The average Bonchev–Trinajstić information content (AvgIpc) is 2.51. The first-order valence-electron chi connectivity index (χ1n) is 6.00. The molecule has 1 unspecified atom stereocenters. The molecule has 108 valence electrons. The second-order valence-corrected chi connectivity index (χ2v) is 6.59. The van der Waals surface area contributed by atoms with Gasteiger partial charge < -0.3 is 0 Å². The predicted octanol–water partition coefficient (Wildman–Crippen LogP) is 0.814. The van der Waals surface area contributed by atoms with Crippen molar-refractivity contribution < 1.29 is 18.0 Å². The Morgan fingerprint density at radius 3 is 2.75 bits per heavy atom. The molecule has 2 rings (SSSR count). The smallest absolute Gasteiger partial charge is 0.244 e. The van der Waals surface area contributed by atoms with Gasteiger partial charge in [-0.1, -0.05) is 17.7 Å². The van der Waals surface area contributed by atoms with Crippen LogP contribution >= 0.6 is 11.6 Å². The number of carbonyl (C=O) groups is 2. The van der Waals surface area contributed by atoms with E-state index in [1.54, 1.807) is 6.07 Å². The lowest BCUT2D eigenvalue weighted by molar-refractivity contribution is -0.130. The lowest BCUT2D eigenvalue weighted by atomic mass is 10.1. The molecule has 0 radical (unpaired) electrons. The van der Waals surface area contributed by atoms with Crippen LogP contribution in [0.15, 0.2) is 29.2 Å². The van der Waals surface area contributed by atoms with Crippen molar-refractivity contribution >= 4 is 33.4 Å². The summed E-state index contributed by atoms with van der Waals surface area (Å²) >= 11 is 5.75. The summed E-state index contributed by atoms with van der Waals surface area (Å²) in [5, 5.41) is 2.43. The van der Waals surface area contributed by atoms with E-state index in [-0.39, 0.29) is 28.7 Å². The molecule has 8 heteroatoms. The first-order chi connectivity index (χ1) is 9.38. The molecule has 1 aromatic rings. The van der Waals surface area contributed by atoms with Gasteiger partial charge in [-0.05, 0) is 31.0 Å². The molecule has 0 spiro atoms. The Labute approximate surface area is 121 Å². The van der Waals surface area contributed by atoms with Gasteiger partial charge in [0, 0.05) is 11.4 Å². The number of nitrogens with one attached hydrogen (secondary N) is 2. The summed E-state index contributed by atoms with van der Waals surface area (Å²) in [6, 6.07) is 4.79. The highest BCUT2D eigenvalue weighted by Crippen LogP contribution is 2.17. The fourth-order valence-corrected chi connectivity index (χ4v) is 3.42. The summed E-state index contributed by atoms with van der Waals surface area (Å²) < 4.78 is 26.6. The summed E-state index contributed by atoms with van der Waals surface area (Å²) in [6.07, 6.45) is 0.929. The molecule has 2 amide bonds. The molecule has 0 saturated carbocycles. The van der Waals surface area contributed by atoms with Gasteiger partial charge in [0.05, 0.1) is 4.90 Å². The molecular formula is C12H13ClN2O4S. The van der Waals surface area contributed by atoms with E-state index in [2.05, 4.69) is 10.0 Å². The fraction of sp³-hybridized carbons (Fsp3) is 0.333. The number of hydrogen-bond donors (Lipinski definition) is 2. The van der Waals surface area contributed by atoms with Crippen LogP contribution in [0.1, 0.15) is 19.3 Å². The maximum absolute atomic E-state index is 12.2. The van der Waals surface area contributed by atoms with Crippen LogP contribution < -0.4 is 10.0 Å². The van der Waals surface area contributed by atoms with Gasteiger partial charge in [-0.3, -0.25) is 14.9 Å². The van der Waals surface area contributed by atoms with Gasteiger partial charge in [0.25, 0.3) is 0 Å². The second-order valence-electron chi connectivity index (χ2n) is 4.44. The quantitative estimate of drug-likeness (QED) is 0.807. The van der Waals surface area contributed by atoms with Crippen LogP contribution in [0.2, 0.25) is 5.02 Å². The Balaban J connectivity index is 2.19. The fourth-order valence-electron chi connectivity index (χ4n) is 1.89. The number of amides is 2. The van der Waals surface area contributed by atoms with E-state index in [4.69, 9.17) is 11.6 Å². The van der Waals surface area contributed by atoms with Crippen molar-refractivity contribution in [2.75, 3.05) is 0 Å². The lowest BCUT2D eigenvalue weighted by Gasteiger charge is -2.15. The number of sulfonamides is 1. The molecule has 1 atom stereocenters. The first kappa shape index (κ1) is 15.0. The Morgan fingerprint density at radius 1 is 1.30 bits per heavy atom. The highest BCUT2D eigenvalue weighted by Gasteiger charge is 2.28. The van der Waals surface area contributed by atoms with Crippen LogP contribution in [-0.2, 0) is 19.6 Å². The van der Waals surface area contributed by atoms with Crippen LogP contribution in [0.5, 0.6) is 0 Å². The molecule has 20 heavy (non-hydrogen) atoms. The third kappa shape index (κ3) is 3.56. The molecule has 1 saturated heterocycles. The minimum Gasteiger partial charge on any atom is -0.295 e. The number of halogens is 1. The second kappa shape index (κ2) is 5.90. The summed E-state index contributed by atoms with van der Waals surface area (Å²) in [5.74, 6) is -1.02. The van der Waals surface area contributed by atoms with Crippen molar-refractivity contribution in [1.29, 1.82) is 0 Å². The Hall–Kier alpha value is -1.44. The molecule has 0 aromatic heterocycles. The van der Waals surface area contributed by atoms with Gasteiger partial charge in [0.15, 0.2) is 0 Å². The molecule has 1 aromatic carbocycles. The molecular weight excluding hydrogens is 304 g/mol. The van der Waals surface area contributed by atoms with Crippen molar-refractivity contribution in [2.24, 2.45) is 0 Å². The van der Waals surface area contributed by atoms with E-state index in [1.807, 2.05) is 0 Å². The Morgan fingerprint density at radius 2 is 2.05 bits per heavy atom. The number of hydrogen-bond acceptors (Lipinski definition) is 4. The SMILES string of the molecule is O=C1CCCC(NS(=O)(=O)c2cccc(Cl)c2)C(=O)N1. The van der Waals surface area contributed by atoms with Gasteiger partial charge in [0.2, 0.25) is 21.8 Å². The molecule has 6 nitrogen and oxygen atoms in total. The highest BCUT2D eigenvalue weighted by molar-refractivity contribution is 7.89. The lowest BCUT2D eigenvalue weighted by Crippen LogP contribution is -2.46. The highest BCUT2D eigenvalue weighted by atomic mass is 35.5. The summed E-state index contributed by atoms with van der Waals surface area (Å²) in [5.41, 5.74) is 0. The van der Waals surface area contributed by atoms with Crippen molar-refractivity contribution in [3.05, 3.63) is 29.3 Å². The number of rotatable bonds is 3. The number of benzene rings is 1. The predicted molar refractivity (Wildman–Crippen MR) is 72.6 cm³/mol. The maximum Gasteiger partial charge on any atom is 0.244 e. The van der Waals surface area contributed by atoms with E-state index < -0.39 is 22.0 Å². The van der Waals surface area contributed by atoms with E-state index in [1.165, 1.54) is 18.2 Å². The summed E-state index contributed by atoms with van der Waals surface area (Å²) in [6.45, 7) is 0. The number of imide groups is 1. The van der Waals surface area contributed by atoms with Gasteiger partial charge in [-0.2, -0.15) is 4.72 Å². The van der Waals surface area contributed by atoms with Gasteiger partial charge >= 0.3 is 0 Å². The molecule has 1 aliphatic rings. The normalized spacial score (nSPS) is 20.4. The molecule has 1 heterocycles. The van der Waals surface area contributed by atoms with Crippen LogP contribution in [0.4, 0.5) is 0 Å². The van der Waals surface area contributed by atoms with E-state index >= 15 is 0 Å². The van der Waals surface area contributed by atoms with Crippen molar-refractivity contribution in [2.45, 2.75) is 30.2 Å². The summed E-state index contributed by atoms with van der Waals surface area (Å²) in [4.78, 5) is 22.9. The zero-order valence-electron chi connectivity index (χ0n) is 10.4. The summed E-state index contributed by atoms with van der Waals surface area (Å²) in [7, 11) is -3.86. The molecule has 2 N–H and O–H groups in total. The van der Waals surface area contributed by atoms with Crippen LogP contribution in [0.25, 0.3) is 0 Å². The van der Waals surface area contributed by atoms with E-state index in [0.717, 1.165) is 0 Å². The Kier molecular flexibility index (Phi) is 4.42. The Bertz CT molecular complexity index is 645. The minimum absolute atomic E-state index is 0.0200. The third-order valence-corrected chi connectivity index (χ3v) is 4.58. The van der Waals surface area contributed by atoms with Crippen LogP contribution in [0, 0.1) is 0 Å². The third-order valence-electron chi connectivity index (χ3n) is 2.88. The zero-order chi connectivity index (χ0) is 14.8. The van der Waals surface area contributed by atoms with Gasteiger partial charge in [-0.25, -0.2) is 8.42 Å². The minimum atomic E-state index is -3.86. The van der Waals surface area contributed by atoms with Gasteiger partial charge in [0.1, 0.15) is 6.04 Å². The molecule has 0 aliphatic carbocycles. The van der Waals surface area contributed by atoms with Gasteiger partial charge in [-0.15, -0.1) is 0 Å². The number of carbonyl (C=O) groups excluding carboxylic acids is 2. The first-order valence-corrected chi connectivity index (χ1v) is 7.86. The van der Waals surface area contributed by atoms with E-state index in [9.17, 15) is 18.0 Å². The standard InChI is InChI=1S/C12H13ClN2O4S/c13-8-3-1-4-9(7-8)20(18,19)15-10-5-2-6-11(16)14-12(10)17/h1,3-4,7,10,15H,2,5-6H2,(H,14,16,17). The van der Waals surface area contributed by atoms with Crippen molar-refractivity contribution in [3.8, 4) is 0 Å². The zero-order valence-corrected chi connectivity index (χ0v) is 12.0. The topological polar surface area (TPSA) is 92.3 Å². The average molecular weight is 317 g/mol. The van der Waals surface area contributed by atoms with Crippen LogP contribution in [-0.4, -0.2) is 26.3 Å². The van der Waals surface area contributed by atoms with E-state index in [0.29, 0.717) is 6.42 Å². The largest absolute Gasteiger partial charge is 0.295 e. The maximum atomic E-state index is 12.2. The van der Waals surface area contributed by atoms with Crippen molar-refractivity contribution in [1.82, 2.24) is 10.0 Å².